The van der Waals surface area contributed by atoms with Crippen LogP contribution in [0.4, 0.5) is 0 Å². The molecule has 1 rings (SSSR count). The van der Waals surface area contributed by atoms with Gasteiger partial charge in [-0.15, -0.1) is 0 Å². The summed E-state index contributed by atoms with van der Waals surface area (Å²) in [5.74, 6) is 2.37. The first-order valence-electron chi connectivity index (χ1n) is 7.91. The van der Waals surface area contributed by atoms with Crippen LogP contribution in [0.1, 0.15) is 47.5 Å². The lowest BCUT2D eigenvalue weighted by molar-refractivity contribution is -0.136. The van der Waals surface area contributed by atoms with Crippen LogP contribution in [0.5, 0.6) is 0 Å². The van der Waals surface area contributed by atoms with E-state index in [4.69, 9.17) is 0 Å². The molecule has 0 aromatic heterocycles. The largest absolute Gasteiger partial charge is 0.342 e. The second-order valence-corrected chi connectivity index (χ2v) is 6.93. The Bertz CT molecular complexity index is 264. The van der Waals surface area contributed by atoms with Crippen LogP contribution in [0, 0.1) is 23.7 Å². The maximum atomic E-state index is 12.7. The van der Waals surface area contributed by atoms with Crippen molar-refractivity contribution in [3.8, 4) is 0 Å². The minimum Gasteiger partial charge on any atom is -0.342 e. The van der Waals surface area contributed by atoms with Gasteiger partial charge in [-0.25, -0.2) is 0 Å². The van der Waals surface area contributed by atoms with Gasteiger partial charge in [0.2, 0.25) is 5.91 Å². The first kappa shape index (κ1) is 16.5. The molecule has 0 aliphatic carbocycles. The van der Waals surface area contributed by atoms with Crippen molar-refractivity contribution >= 4 is 5.91 Å². The summed E-state index contributed by atoms with van der Waals surface area (Å²) in [7, 11) is 0. The highest BCUT2D eigenvalue weighted by atomic mass is 16.2. The second kappa shape index (κ2) is 7.88. The smallest absolute Gasteiger partial charge is 0.227 e. The topological polar surface area (TPSA) is 32.3 Å². The van der Waals surface area contributed by atoms with Gasteiger partial charge in [0.1, 0.15) is 0 Å². The molecule has 0 spiro atoms. The minimum absolute atomic E-state index is 0.194. The molecule has 0 unspecified atom stereocenters. The Kier molecular flexibility index (Phi) is 6.84. The van der Waals surface area contributed by atoms with Crippen LogP contribution in [0.3, 0.4) is 0 Å². The first-order valence-corrected chi connectivity index (χ1v) is 7.91. The van der Waals surface area contributed by atoms with Gasteiger partial charge in [-0.1, -0.05) is 34.6 Å². The van der Waals surface area contributed by atoms with Crippen LogP contribution in [0.15, 0.2) is 0 Å². The predicted molar refractivity (Wildman–Crippen MR) is 81.0 cm³/mol. The van der Waals surface area contributed by atoms with E-state index >= 15 is 0 Å². The lowest BCUT2D eigenvalue weighted by Gasteiger charge is -2.28. The normalized spacial score (nSPS) is 23.3. The Labute approximate surface area is 119 Å². The van der Waals surface area contributed by atoms with E-state index in [2.05, 4.69) is 44.8 Å². The third-order valence-corrected chi connectivity index (χ3v) is 4.10. The molecule has 2 atom stereocenters. The van der Waals surface area contributed by atoms with E-state index in [1.54, 1.807) is 0 Å². The third-order valence-electron chi connectivity index (χ3n) is 4.10. The van der Waals surface area contributed by atoms with Crippen LogP contribution < -0.4 is 5.32 Å². The Morgan fingerprint density at radius 3 is 2.00 bits per heavy atom. The molecule has 1 fully saturated rings. The average Bonchev–Trinajstić information content (AvgIpc) is 2.74. The van der Waals surface area contributed by atoms with Gasteiger partial charge in [-0.05, 0) is 37.1 Å². The van der Waals surface area contributed by atoms with E-state index in [9.17, 15) is 4.79 Å². The van der Waals surface area contributed by atoms with Crippen molar-refractivity contribution in [2.75, 3.05) is 26.2 Å². The quantitative estimate of drug-likeness (QED) is 0.770. The van der Waals surface area contributed by atoms with E-state index in [1.807, 2.05) is 0 Å². The van der Waals surface area contributed by atoms with Crippen LogP contribution in [-0.4, -0.2) is 37.0 Å². The minimum atomic E-state index is 0.194. The second-order valence-electron chi connectivity index (χ2n) is 6.93. The highest BCUT2D eigenvalue weighted by Gasteiger charge is 2.32. The lowest BCUT2D eigenvalue weighted by Crippen LogP contribution is -2.40. The van der Waals surface area contributed by atoms with Crippen molar-refractivity contribution < 1.29 is 4.79 Å². The molecular weight excluding hydrogens is 236 g/mol. The zero-order valence-electron chi connectivity index (χ0n) is 13.4. The molecule has 1 aliphatic heterocycles. The van der Waals surface area contributed by atoms with Gasteiger partial charge in [0.05, 0.1) is 5.92 Å². The molecule has 3 heteroatoms. The molecular formula is C16H32N2O. The molecule has 0 aromatic rings. The Hall–Kier alpha value is -0.570. The Morgan fingerprint density at radius 1 is 1.11 bits per heavy atom. The standard InChI is InChI=1S/C16H32N2O/c1-12(2)6-8-18(9-7-13(3)4)16(19)15-11-17-10-14(15)5/h12-15,17H,6-11H2,1-5H3/t14-,15-/m1/s1. The van der Waals surface area contributed by atoms with E-state index in [0.29, 0.717) is 23.7 Å². The molecule has 0 bridgehead atoms. The van der Waals surface area contributed by atoms with Gasteiger partial charge in [-0.3, -0.25) is 4.79 Å². The van der Waals surface area contributed by atoms with Gasteiger partial charge in [0, 0.05) is 19.6 Å². The number of hydrogen-bond acceptors (Lipinski definition) is 2. The number of amides is 1. The molecule has 0 aromatic carbocycles. The molecule has 1 heterocycles. The predicted octanol–water partition coefficient (Wildman–Crippen LogP) is 2.76. The summed E-state index contributed by atoms with van der Waals surface area (Å²) in [5, 5.41) is 3.34. The van der Waals surface area contributed by atoms with Crippen molar-refractivity contribution in [1.82, 2.24) is 10.2 Å². The third kappa shape index (κ3) is 5.52. The van der Waals surface area contributed by atoms with Crippen LogP contribution in [-0.2, 0) is 4.79 Å². The number of carbonyl (C=O) groups excluding carboxylic acids is 1. The molecule has 112 valence electrons. The number of nitrogens with zero attached hydrogens (tertiary/aromatic N) is 1. The fourth-order valence-corrected chi connectivity index (χ4v) is 2.54. The summed E-state index contributed by atoms with van der Waals surface area (Å²) in [6.07, 6.45) is 2.22. The molecule has 19 heavy (non-hydrogen) atoms. The fraction of sp³-hybridized carbons (Fsp3) is 0.938. The van der Waals surface area contributed by atoms with Gasteiger partial charge in [0.15, 0.2) is 0 Å². The van der Waals surface area contributed by atoms with Gasteiger partial charge < -0.3 is 10.2 Å². The van der Waals surface area contributed by atoms with E-state index in [1.165, 1.54) is 0 Å². The van der Waals surface area contributed by atoms with Crippen LogP contribution in [0.25, 0.3) is 0 Å². The van der Waals surface area contributed by atoms with Gasteiger partial charge in [-0.2, -0.15) is 0 Å². The zero-order chi connectivity index (χ0) is 14.4. The van der Waals surface area contributed by atoms with Crippen molar-refractivity contribution in [3.63, 3.8) is 0 Å². The van der Waals surface area contributed by atoms with Crippen LogP contribution >= 0.6 is 0 Å². The highest BCUT2D eigenvalue weighted by molar-refractivity contribution is 5.79. The molecule has 0 radical (unpaired) electrons. The fourth-order valence-electron chi connectivity index (χ4n) is 2.54. The molecule has 1 amide bonds. The van der Waals surface area contributed by atoms with E-state index in [0.717, 1.165) is 39.0 Å². The van der Waals surface area contributed by atoms with Crippen molar-refractivity contribution in [1.29, 1.82) is 0 Å². The van der Waals surface area contributed by atoms with E-state index in [-0.39, 0.29) is 5.92 Å². The highest BCUT2D eigenvalue weighted by Crippen LogP contribution is 2.20. The summed E-state index contributed by atoms with van der Waals surface area (Å²) in [6, 6.07) is 0. The molecule has 1 saturated heterocycles. The number of rotatable bonds is 7. The average molecular weight is 268 g/mol. The van der Waals surface area contributed by atoms with Crippen LogP contribution in [0.2, 0.25) is 0 Å². The summed E-state index contributed by atoms with van der Waals surface area (Å²) in [6.45, 7) is 14.8. The molecule has 0 saturated carbocycles. The van der Waals surface area contributed by atoms with Gasteiger partial charge in [0.25, 0.3) is 0 Å². The maximum absolute atomic E-state index is 12.7. The van der Waals surface area contributed by atoms with Crippen molar-refractivity contribution in [3.05, 3.63) is 0 Å². The Balaban J connectivity index is 2.57. The summed E-state index contributed by atoms with van der Waals surface area (Å²) < 4.78 is 0. The summed E-state index contributed by atoms with van der Waals surface area (Å²) in [4.78, 5) is 14.8. The number of hydrogen-bond donors (Lipinski definition) is 1. The molecule has 1 aliphatic rings. The molecule has 3 nitrogen and oxygen atoms in total. The molecule has 1 N–H and O–H groups in total. The zero-order valence-corrected chi connectivity index (χ0v) is 13.4. The SMILES string of the molecule is CC(C)CCN(CCC(C)C)C(=O)[C@@H]1CNC[C@H]1C. The number of nitrogens with one attached hydrogen (secondary N) is 1. The maximum Gasteiger partial charge on any atom is 0.227 e. The van der Waals surface area contributed by atoms with Crippen molar-refractivity contribution in [2.45, 2.75) is 47.5 Å². The lowest BCUT2D eigenvalue weighted by atomic mass is 9.96. The first-order chi connectivity index (χ1) is 8.91. The number of carbonyl (C=O) groups is 1. The summed E-state index contributed by atoms with van der Waals surface area (Å²) in [5.41, 5.74) is 0. The Morgan fingerprint density at radius 2 is 1.63 bits per heavy atom. The summed E-state index contributed by atoms with van der Waals surface area (Å²) >= 11 is 0. The van der Waals surface area contributed by atoms with E-state index < -0.39 is 0 Å². The monoisotopic (exact) mass is 268 g/mol. The van der Waals surface area contributed by atoms with Gasteiger partial charge >= 0.3 is 0 Å². The van der Waals surface area contributed by atoms with Crippen molar-refractivity contribution in [2.24, 2.45) is 23.7 Å².